The Balaban J connectivity index is 2.50. The van der Waals surface area contributed by atoms with Crippen molar-refractivity contribution in [2.24, 2.45) is 0 Å². The summed E-state index contributed by atoms with van der Waals surface area (Å²) in [7, 11) is 0. The number of rotatable bonds is 0. The van der Waals surface area contributed by atoms with E-state index in [-0.39, 0.29) is 0 Å². The first-order valence-corrected chi connectivity index (χ1v) is 4.37. The lowest BCUT2D eigenvalue weighted by atomic mass is 10.0. The van der Waals surface area contributed by atoms with Crippen LogP contribution in [0, 0.1) is 6.92 Å². The summed E-state index contributed by atoms with van der Waals surface area (Å²) >= 11 is 0. The highest BCUT2D eigenvalue weighted by molar-refractivity contribution is 5.37. The van der Waals surface area contributed by atoms with Crippen LogP contribution < -0.4 is 0 Å². The second-order valence-corrected chi connectivity index (χ2v) is 3.64. The van der Waals surface area contributed by atoms with Gasteiger partial charge in [-0.1, -0.05) is 30.7 Å². The number of aryl methyl sites for hydroxylation is 2. The van der Waals surface area contributed by atoms with Crippen LogP contribution in [-0.2, 0) is 6.42 Å². The maximum Gasteiger partial charge on any atom is -0.0184 e. The van der Waals surface area contributed by atoms with Crippen LogP contribution in [-0.4, -0.2) is 0 Å². The summed E-state index contributed by atoms with van der Waals surface area (Å²) in [5.74, 6) is 0.797. The maximum absolute atomic E-state index is 2.33. The van der Waals surface area contributed by atoms with E-state index >= 15 is 0 Å². The minimum Gasteiger partial charge on any atom is -0.0590 e. The third-order valence-electron chi connectivity index (χ3n) is 2.68. The molecule has 1 aliphatic rings. The van der Waals surface area contributed by atoms with Crippen LogP contribution in [0.25, 0.3) is 0 Å². The van der Waals surface area contributed by atoms with Crippen molar-refractivity contribution in [2.75, 3.05) is 0 Å². The van der Waals surface area contributed by atoms with E-state index in [2.05, 4.69) is 32.0 Å². The molecule has 1 aromatic rings. The Morgan fingerprint density at radius 3 is 3.00 bits per heavy atom. The van der Waals surface area contributed by atoms with E-state index in [1.54, 1.807) is 11.1 Å². The molecule has 0 aliphatic heterocycles. The predicted octanol–water partition coefficient (Wildman–Crippen LogP) is 3.04. The third kappa shape index (κ3) is 1.07. The molecule has 58 valence electrons. The van der Waals surface area contributed by atoms with Gasteiger partial charge in [0, 0.05) is 0 Å². The summed E-state index contributed by atoms with van der Waals surface area (Å²) in [4.78, 5) is 0. The number of fused-ring (bicyclic) bond motifs is 1. The van der Waals surface area contributed by atoms with E-state index in [1.165, 1.54) is 18.4 Å². The molecular weight excluding hydrogens is 132 g/mol. The Bertz CT molecular complexity index is 273. The fourth-order valence-electron chi connectivity index (χ4n) is 1.96. The Morgan fingerprint density at radius 1 is 1.36 bits per heavy atom. The van der Waals surface area contributed by atoms with Gasteiger partial charge in [0.05, 0.1) is 0 Å². The van der Waals surface area contributed by atoms with E-state index < -0.39 is 0 Å². The normalized spacial score (nSPS) is 21.8. The van der Waals surface area contributed by atoms with E-state index in [4.69, 9.17) is 0 Å². The first-order chi connectivity index (χ1) is 5.27. The molecule has 0 bridgehead atoms. The fourth-order valence-corrected chi connectivity index (χ4v) is 1.96. The summed E-state index contributed by atoms with van der Waals surface area (Å²) in [6, 6.07) is 6.85. The molecule has 0 unspecified atom stereocenters. The van der Waals surface area contributed by atoms with Gasteiger partial charge in [-0.3, -0.25) is 0 Å². The van der Waals surface area contributed by atoms with Gasteiger partial charge in [-0.05, 0) is 36.8 Å². The van der Waals surface area contributed by atoms with Crippen LogP contribution in [0.1, 0.15) is 36.0 Å². The van der Waals surface area contributed by atoms with Crippen molar-refractivity contribution in [2.45, 2.75) is 32.6 Å². The highest BCUT2D eigenvalue weighted by Crippen LogP contribution is 2.32. The molecule has 1 aliphatic carbocycles. The van der Waals surface area contributed by atoms with Crippen molar-refractivity contribution < 1.29 is 0 Å². The second-order valence-electron chi connectivity index (χ2n) is 3.64. The minimum absolute atomic E-state index is 0.797. The van der Waals surface area contributed by atoms with Crippen LogP contribution in [0.2, 0.25) is 0 Å². The molecule has 0 heterocycles. The van der Waals surface area contributed by atoms with Crippen LogP contribution in [0.5, 0.6) is 0 Å². The third-order valence-corrected chi connectivity index (χ3v) is 2.68. The zero-order valence-electron chi connectivity index (χ0n) is 7.22. The molecule has 0 saturated heterocycles. The molecule has 0 saturated carbocycles. The second kappa shape index (κ2) is 2.37. The highest BCUT2D eigenvalue weighted by atomic mass is 14.2. The largest absolute Gasteiger partial charge is 0.0590 e. The van der Waals surface area contributed by atoms with Gasteiger partial charge in [0.2, 0.25) is 0 Å². The first-order valence-electron chi connectivity index (χ1n) is 4.37. The Hall–Kier alpha value is -0.780. The van der Waals surface area contributed by atoms with Crippen LogP contribution >= 0.6 is 0 Å². The lowest BCUT2D eigenvalue weighted by molar-refractivity contribution is 0.747. The molecular formula is C11H14. The molecule has 0 fully saturated rings. The van der Waals surface area contributed by atoms with Gasteiger partial charge in [-0.25, -0.2) is 0 Å². The molecule has 2 rings (SSSR count). The van der Waals surface area contributed by atoms with Crippen molar-refractivity contribution in [1.82, 2.24) is 0 Å². The molecule has 1 atom stereocenters. The predicted molar refractivity (Wildman–Crippen MR) is 47.9 cm³/mol. The highest BCUT2D eigenvalue weighted by Gasteiger charge is 2.17. The van der Waals surface area contributed by atoms with E-state index in [1.807, 2.05) is 0 Å². The number of hydrogen-bond donors (Lipinski definition) is 0. The van der Waals surface area contributed by atoms with Crippen LogP contribution in [0.15, 0.2) is 18.2 Å². The molecule has 0 nitrogen and oxygen atoms in total. The van der Waals surface area contributed by atoms with Gasteiger partial charge in [0.1, 0.15) is 0 Å². The summed E-state index contributed by atoms with van der Waals surface area (Å²) < 4.78 is 0. The number of benzene rings is 1. The van der Waals surface area contributed by atoms with Gasteiger partial charge >= 0.3 is 0 Å². The molecule has 0 spiro atoms. The molecule has 11 heavy (non-hydrogen) atoms. The summed E-state index contributed by atoms with van der Waals surface area (Å²) in [6.45, 7) is 4.49. The van der Waals surface area contributed by atoms with Crippen molar-refractivity contribution >= 4 is 0 Å². The Labute approximate surface area is 68.3 Å². The summed E-state index contributed by atoms with van der Waals surface area (Å²) in [6.07, 6.45) is 2.64. The Kier molecular flexibility index (Phi) is 1.49. The molecule has 0 heteroatoms. The van der Waals surface area contributed by atoms with Crippen LogP contribution in [0.4, 0.5) is 0 Å². The average molecular weight is 146 g/mol. The lowest BCUT2D eigenvalue weighted by Gasteiger charge is -2.03. The van der Waals surface area contributed by atoms with Crippen molar-refractivity contribution in [3.63, 3.8) is 0 Å². The quantitative estimate of drug-likeness (QED) is 0.527. The average Bonchev–Trinajstić information content (AvgIpc) is 2.32. The molecule has 0 N–H and O–H groups in total. The van der Waals surface area contributed by atoms with E-state index in [0.29, 0.717) is 0 Å². The van der Waals surface area contributed by atoms with E-state index in [0.717, 1.165) is 5.92 Å². The van der Waals surface area contributed by atoms with Gasteiger partial charge in [-0.15, -0.1) is 0 Å². The van der Waals surface area contributed by atoms with Gasteiger partial charge in [0.15, 0.2) is 0 Å². The minimum atomic E-state index is 0.797. The van der Waals surface area contributed by atoms with Gasteiger partial charge in [0.25, 0.3) is 0 Å². The molecule has 0 aromatic heterocycles. The smallest absolute Gasteiger partial charge is 0.0184 e. The zero-order chi connectivity index (χ0) is 7.84. The van der Waals surface area contributed by atoms with Crippen molar-refractivity contribution in [3.8, 4) is 0 Å². The number of hydrogen-bond acceptors (Lipinski definition) is 0. The van der Waals surface area contributed by atoms with E-state index in [9.17, 15) is 0 Å². The fraction of sp³-hybridized carbons (Fsp3) is 0.455. The summed E-state index contributed by atoms with van der Waals surface area (Å²) in [5, 5.41) is 0. The van der Waals surface area contributed by atoms with Gasteiger partial charge < -0.3 is 0 Å². The standard InChI is InChI=1S/C11H14/c1-8-3-6-11-9(2)4-5-10(11)7-8/h3,6-7,9H,4-5H2,1-2H3/t9-/m0/s1. The van der Waals surface area contributed by atoms with Crippen LogP contribution in [0.3, 0.4) is 0 Å². The lowest BCUT2D eigenvalue weighted by Crippen LogP contribution is -1.85. The summed E-state index contributed by atoms with van der Waals surface area (Å²) in [5.41, 5.74) is 4.56. The van der Waals surface area contributed by atoms with Crippen molar-refractivity contribution in [3.05, 3.63) is 34.9 Å². The molecule has 1 aromatic carbocycles. The molecule has 0 radical (unpaired) electrons. The molecule has 0 amide bonds. The Morgan fingerprint density at radius 2 is 2.18 bits per heavy atom. The SMILES string of the molecule is Cc1ccc2c(c1)CC[C@@H]2C. The maximum atomic E-state index is 2.33. The monoisotopic (exact) mass is 146 g/mol. The topological polar surface area (TPSA) is 0 Å². The van der Waals surface area contributed by atoms with Crippen molar-refractivity contribution in [1.29, 1.82) is 0 Å². The zero-order valence-corrected chi connectivity index (χ0v) is 7.22. The first kappa shape index (κ1) is 6.90. The van der Waals surface area contributed by atoms with Gasteiger partial charge in [-0.2, -0.15) is 0 Å².